The normalized spacial score (nSPS) is 11.9. The third kappa shape index (κ3) is 3.86. The van der Waals surface area contributed by atoms with E-state index in [9.17, 15) is 9.59 Å². The lowest BCUT2D eigenvalue weighted by atomic mass is 10.0. The third-order valence-electron chi connectivity index (χ3n) is 4.35. The van der Waals surface area contributed by atoms with Crippen molar-refractivity contribution in [3.05, 3.63) is 58.4 Å². The van der Waals surface area contributed by atoms with Crippen LogP contribution in [0.2, 0.25) is 0 Å². The first-order chi connectivity index (χ1) is 13.4. The number of rotatable bonds is 6. The van der Waals surface area contributed by atoms with Crippen LogP contribution < -0.4 is 14.9 Å². The molecule has 3 aromatic rings. The molecule has 0 amide bonds. The van der Waals surface area contributed by atoms with Crippen LogP contribution >= 0.6 is 0 Å². The standard InChI is InChI=1S/C22H22O6/c1-5-26-22(24)14(3)27-17-10-11-18-19(12-17)28-13(2)20(21(18)23)15-6-8-16(25-4)9-7-15/h6-12,14H,5H2,1-4H3. The molecule has 2 aromatic carbocycles. The van der Waals surface area contributed by atoms with Crippen molar-refractivity contribution in [1.82, 2.24) is 0 Å². The molecule has 6 nitrogen and oxygen atoms in total. The van der Waals surface area contributed by atoms with E-state index in [0.29, 0.717) is 33.8 Å². The Kier molecular flexibility index (Phi) is 5.68. The summed E-state index contributed by atoms with van der Waals surface area (Å²) in [5.41, 5.74) is 1.52. The Morgan fingerprint density at radius 2 is 1.79 bits per heavy atom. The zero-order valence-electron chi connectivity index (χ0n) is 16.3. The molecule has 0 aliphatic rings. The monoisotopic (exact) mass is 382 g/mol. The smallest absolute Gasteiger partial charge is 0.347 e. The van der Waals surface area contributed by atoms with Gasteiger partial charge >= 0.3 is 5.97 Å². The number of ether oxygens (including phenoxy) is 3. The first-order valence-electron chi connectivity index (χ1n) is 8.99. The van der Waals surface area contributed by atoms with Gasteiger partial charge in [0.1, 0.15) is 22.8 Å². The molecule has 1 heterocycles. The molecule has 0 aliphatic carbocycles. The molecular weight excluding hydrogens is 360 g/mol. The molecule has 3 rings (SSSR count). The fraction of sp³-hybridized carbons (Fsp3) is 0.273. The van der Waals surface area contributed by atoms with E-state index >= 15 is 0 Å². The van der Waals surface area contributed by atoms with Crippen LogP contribution in [0.15, 0.2) is 51.7 Å². The SMILES string of the molecule is CCOC(=O)C(C)Oc1ccc2c(=O)c(-c3ccc(OC)cc3)c(C)oc2c1. The van der Waals surface area contributed by atoms with Crippen molar-refractivity contribution in [2.24, 2.45) is 0 Å². The highest BCUT2D eigenvalue weighted by atomic mass is 16.6. The van der Waals surface area contributed by atoms with Gasteiger partial charge in [-0.25, -0.2) is 4.79 Å². The van der Waals surface area contributed by atoms with Gasteiger partial charge in [-0.2, -0.15) is 0 Å². The Labute approximate surface area is 162 Å². The highest BCUT2D eigenvalue weighted by Gasteiger charge is 2.18. The van der Waals surface area contributed by atoms with E-state index < -0.39 is 12.1 Å². The van der Waals surface area contributed by atoms with Crippen LogP contribution in [-0.2, 0) is 9.53 Å². The van der Waals surface area contributed by atoms with Crippen LogP contribution in [0, 0.1) is 6.92 Å². The van der Waals surface area contributed by atoms with E-state index in [-0.39, 0.29) is 12.0 Å². The number of benzene rings is 2. The summed E-state index contributed by atoms with van der Waals surface area (Å²) in [6.07, 6.45) is -0.760. The number of carbonyl (C=O) groups excluding carboxylic acids is 1. The number of aryl methyl sites for hydroxylation is 1. The van der Waals surface area contributed by atoms with Gasteiger partial charge in [0.05, 0.1) is 24.7 Å². The van der Waals surface area contributed by atoms with Crippen molar-refractivity contribution in [2.75, 3.05) is 13.7 Å². The van der Waals surface area contributed by atoms with Gasteiger partial charge in [-0.15, -0.1) is 0 Å². The Morgan fingerprint density at radius 1 is 1.11 bits per heavy atom. The zero-order valence-corrected chi connectivity index (χ0v) is 16.3. The van der Waals surface area contributed by atoms with Crippen LogP contribution in [0.3, 0.4) is 0 Å². The van der Waals surface area contributed by atoms with E-state index in [4.69, 9.17) is 18.6 Å². The van der Waals surface area contributed by atoms with E-state index in [1.54, 1.807) is 58.2 Å². The summed E-state index contributed by atoms with van der Waals surface area (Å²) in [4.78, 5) is 24.8. The van der Waals surface area contributed by atoms with Gasteiger partial charge in [-0.05, 0) is 50.6 Å². The molecule has 28 heavy (non-hydrogen) atoms. The summed E-state index contributed by atoms with van der Waals surface area (Å²) >= 11 is 0. The van der Waals surface area contributed by atoms with Crippen LogP contribution in [0.1, 0.15) is 19.6 Å². The van der Waals surface area contributed by atoms with Crippen LogP contribution in [-0.4, -0.2) is 25.8 Å². The second kappa shape index (κ2) is 8.17. The average Bonchev–Trinajstić information content (AvgIpc) is 2.68. The predicted molar refractivity (Wildman–Crippen MR) is 106 cm³/mol. The molecule has 0 radical (unpaired) electrons. The Morgan fingerprint density at radius 3 is 2.43 bits per heavy atom. The highest BCUT2D eigenvalue weighted by Crippen LogP contribution is 2.28. The van der Waals surface area contributed by atoms with Crippen molar-refractivity contribution in [1.29, 1.82) is 0 Å². The second-order valence-corrected chi connectivity index (χ2v) is 6.26. The maximum Gasteiger partial charge on any atom is 0.347 e. The number of fused-ring (bicyclic) bond motifs is 1. The molecule has 0 aliphatic heterocycles. The first-order valence-corrected chi connectivity index (χ1v) is 8.99. The molecule has 0 saturated heterocycles. The van der Waals surface area contributed by atoms with Crippen molar-refractivity contribution in [2.45, 2.75) is 26.9 Å². The van der Waals surface area contributed by atoms with Crippen LogP contribution in [0.25, 0.3) is 22.1 Å². The summed E-state index contributed by atoms with van der Waals surface area (Å²) in [5.74, 6) is 1.19. The number of methoxy groups -OCH3 is 1. The van der Waals surface area contributed by atoms with Gasteiger partial charge in [0.2, 0.25) is 5.43 Å². The third-order valence-corrected chi connectivity index (χ3v) is 4.35. The van der Waals surface area contributed by atoms with Gasteiger partial charge in [0.15, 0.2) is 6.10 Å². The Balaban J connectivity index is 1.98. The molecule has 1 unspecified atom stereocenters. The van der Waals surface area contributed by atoms with Crippen molar-refractivity contribution >= 4 is 16.9 Å². The maximum atomic E-state index is 13.0. The fourth-order valence-electron chi connectivity index (χ4n) is 2.96. The van der Waals surface area contributed by atoms with Gasteiger partial charge in [0.25, 0.3) is 0 Å². The van der Waals surface area contributed by atoms with E-state index in [1.807, 2.05) is 12.1 Å². The second-order valence-electron chi connectivity index (χ2n) is 6.26. The lowest BCUT2D eigenvalue weighted by Crippen LogP contribution is -2.26. The Bertz CT molecular complexity index is 1050. The summed E-state index contributed by atoms with van der Waals surface area (Å²) in [5, 5.41) is 0.438. The first kappa shape index (κ1) is 19.5. The topological polar surface area (TPSA) is 75.0 Å². The van der Waals surface area contributed by atoms with E-state index in [0.717, 1.165) is 5.56 Å². The minimum absolute atomic E-state index is 0.131. The van der Waals surface area contributed by atoms with Crippen molar-refractivity contribution < 1.29 is 23.4 Å². The molecule has 0 spiro atoms. The summed E-state index contributed by atoms with van der Waals surface area (Å²) in [6, 6.07) is 12.1. The summed E-state index contributed by atoms with van der Waals surface area (Å²) in [7, 11) is 1.59. The van der Waals surface area contributed by atoms with Crippen molar-refractivity contribution in [3.8, 4) is 22.6 Å². The number of hydrogen-bond donors (Lipinski definition) is 0. The zero-order chi connectivity index (χ0) is 20.3. The van der Waals surface area contributed by atoms with E-state index in [2.05, 4.69) is 0 Å². The number of esters is 1. The quantitative estimate of drug-likeness (QED) is 0.597. The van der Waals surface area contributed by atoms with Crippen molar-refractivity contribution in [3.63, 3.8) is 0 Å². The lowest BCUT2D eigenvalue weighted by molar-refractivity contribution is -0.150. The molecule has 0 bridgehead atoms. The van der Waals surface area contributed by atoms with Gasteiger partial charge in [-0.1, -0.05) is 12.1 Å². The van der Waals surface area contributed by atoms with Gasteiger partial charge in [0, 0.05) is 6.07 Å². The molecule has 1 aromatic heterocycles. The molecular formula is C22H22O6. The summed E-state index contributed by atoms with van der Waals surface area (Å²) in [6.45, 7) is 5.37. The van der Waals surface area contributed by atoms with Crippen LogP contribution in [0.4, 0.5) is 0 Å². The largest absolute Gasteiger partial charge is 0.497 e. The lowest BCUT2D eigenvalue weighted by Gasteiger charge is -2.14. The average molecular weight is 382 g/mol. The van der Waals surface area contributed by atoms with E-state index in [1.165, 1.54) is 0 Å². The molecule has 0 N–H and O–H groups in total. The Hall–Kier alpha value is -3.28. The summed E-state index contributed by atoms with van der Waals surface area (Å²) < 4.78 is 21.6. The predicted octanol–water partition coefficient (Wildman–Crippen LogP) is 4.11. The number of hydrogen-bond acceptors (Lipinski definition) is 6. The minimum atomic E-state index is -0.760. The molecule has 0 fully saturated rings. The van der Waals surface area contributed by atoms with Gasteiger partial charge < -0.3 is 18.6 Å². The molecule has 6 heteroatoms. The molecule has 0 saturated carbocycles. The maximum absolute atomic E-state index is 13.0. The molecule has 146 valence electrons. The number of carbonyl (C=O) groups is 1. The van der Waals surface area contributed by atoms with Crippen LogP contribution in [0.5, 0.6) is 11.5 Å². The van der Waals surface area contributed by atoms with Gasteiger partial charge in [-0.3, -0.25) is 4.79 Å². The highest BCUT2D eigenvalue weighted by molar-refractivity contribution is 5.84. The molecule has 1 atom stereocenters. The minimum Gasteiger partial charge on any atom is -0.497 e. The fourth-order valence-corrected chi connectivity index (χ4v) is 2.96.